The summed E-state index contributed by atoms with van der Waals surface area (Å²) in [4.78, 5) is 11.9. The quantitative estimate of drug-likeness (QED) is 0.867. The standard InChI is InChI=1S/C13H17FN2O2.ClH/c1-18-11-4-2-3-9(14)12(11)13(17)16-7-10(15)8-5-6-8;/h2-4,8,10H,5-7,15H2,1H3,(H,16,17);1H. The molecule has 1 aromatic carbocycles. The van der Waals surface area contributed by atoms with Gasteiger partial charge in [-0.25, -0.2) is 4.39 Å². The number of methoxy groups -OCH3 is 1. The zero-order chi connectivity index (χ0) is 13.1. The van der Waals surface area contributed by atoms with Crippen LogP contribution in [0.3, 0.4) is 0 Å². The normalized spacial score (nSPS) is 15.3. The molecule has 1 aromatic rings. The number of carbonyl (C=O) groups is 1. The fourth-order valence-electron chi connectivity index (χ4n) is 1.88. The second kappa shape index (κ2) is 6.73. The first-order chi connectivity index (χ1) is 8.63. The van der Waals surface area contributed by atoms with E-state index in [-0.39, 0.29) is 29.8 Å². The molecule has 1 saturated carbocycles. The summed E-state index contributed by atoms with van der Waals surface area (Å²) in [7, 11) is 1.40. The molecule has 0 heterocycles. The molecule has 0 saturated heterocycles. The average molecular weight is 289 g/mol. The van der Waals surface area contributed by atoms with Gasteiger partial charge in [0.1, 0.15) is 17.1 Å². The van der Waals surface area contributed by atoms with E-state index in [0.29, 0.717) is 12.5 Å². The predicted octanol–water partition coefficient (Wildman–Crippen LogP) is 1.72. The number of carbonyl (C=O) groups excluding carboxylic acids is 1. The Balaban J connectivity index is 0.00000180. The molecule has 6 heteroatoms. The molecule has 106 valence electrons. The number of ether oxygens (including phenoxy) is 1. The van der Waals surface area contributed by atoms with Crippen molar-refractivity contribution in [3.63, 3.8) is 0 Å². The summed E-state index contributed by atoms with van der Waals surface area (Å²) in [6.45, 7) is 0.362. The third-order valence-corrected chi connectivity index (χ3v) is 3.15. The van der Waals surface area contributed by atoms with Crippen LogP contribution in [0.1, 0.15) is 23.2 Å². The van der Waals surface area contributed by atoms with Crippen molar-refractivity contribution < 1.29 is 13.9 Å². The van der Waals surface area contributed by atoms with Crippen molar-refractivity contribution in [1.82, 2.24) is 5.32 Å². The lowest BCUT2D eigenvalue weighted by molar-refractivity contribution is 0.0943. The maximum Gasteiger partial charge on any atom is 0.258 e. The van der Waals surface area contributed by atoms with E-state index < -0.39 is 11.7 Å². The highest BCUT2D eigenvalue weighted by molar-refractivity contribution is 5.97. The molecule has 4 nitrogen and oxygen atoms in total. The summed E-state index contributed by atoms with van der Waals surface area (Å²) in [5.41, 5.74) is 5.81. The van der Waals surface area contributed by atoms with Crippen molar-refractivity contribution in [2.24, 2.45) is 11.7 Å². The molecular formula is C13H18ClFN2O2. The highest BCUT2D eigenvalue weighted by Gasteiger charge is 2.29. The number of amides is 1. The van der Waals surface area contributed by atoms with Gasteiger partial charge in [0.15, 0.2) is 0 Å². The number of halogens is 2. The van der Waals surface area contributed by atoms with Crippen LogP contribution in [0.25, 0.3) is 0 Å². The van der Waals surface area contributed by atoms with Crippen molar-refractivity contribution in [2.75, 3.05) is 13.7 Å². The van der Waals surface area contributed by atoms with E-state index in [0.717, 1.165) is 12.8 Å². The van der Waals surface area contributed by atoms with Gasteiger partial charge in [0.2, 0.25) is 0 Å². The zero-order valence-corrected chi connectivity index (χ0v) is 11.5. The Morgan fingerprint density at radius 2 is 2.26 bits per heavy atom. The first-order valence-electron chi connectivity index (χ1n) is 5.99. The zero-order valence-electron chi connectivity index (χ0n) is 10.7. The number of rotatable bonds is 5. The Morgan fingerprint density at radius 1 is 1.58 bits per heavy atom. The topological polar surface area (TPSA) is 64.3 Å². The van der Waals surface area contributed by atoms with E-state index in [1.54, 1.807) is 6.07 Å². The molecule has 0 spiro atoms. The van der Waals surface area contributed by atoms with Gasteiger partial charge in [0.05, 0.1) is 7.11 Å². The lowest BCUT2D eigenvalue weighted by atomic mass is 10.1. The van der Waals surface area contributed by atoms with Gasteiger partial charge in [-0.3, -0.25) is 4.79 Å². The van der Waals surface area contributed by atoms with Gasteiger partial charge in [-0.05, 0) is 30.9 Å². The Hall–Kier alpha value is -1.33. The van der Waals surface area contributed by atoms with Crippen LogP contribution >= 0.6 is 12.4 Å². The Morgan fingerprint density at radius 3 is 2.84 bits per heavy atom. The van der Waals surface area contributed by atoms with Gasteiger partial charge in [0.25, 0.3) is 5.91 Å². The van der Waals surface area contributed by atoms with Crippen molar-refractivity contribution in [3.05, 3.63) is 29.6 Å². The summed E-state index contributed by atoms with van der Waals surface area (Å²) in [6, 6.07) is 4.24. The molecule has 19 heavy (non-hydrogen) atoms. The van der Waals surface area contributed by atoms with Gasteiger partial charge >= 0.3 is 0 Å². The summed E-state index contributed by atoms with van der Waals surface area (Å²) in [5.74, 6) is -0.354. The van der Waals surface area contributed by atoms with Crippen LogP contribution in [0, 0.1) is 11.7 Å². The van der Waals surface area contributed by atoms with Crippen LogP contribution < -0.4 is 15.8 Å². The van der Waals surface area contributed by atoms with Crippen LogP contribution in [-0.2, 0) is 0 Å². The number of nitrogens with two attached hydrogens (primary N) is 1. The number of hydrogen-bond acceptors (Lipinski definition) is 3. The third kappa shape index (κ3) is 3.81. The van der Waals surface area contributed by atoms with Crippen LogP contribution in [0.5, 0.6) is 5.75 Å². The Labute approximate surface area is 117 Å². The van der Waals surface area contributed by atoms with Gasteiger partial charge < -0.3 is 15.8 Å². The Bertz CT molecular complexity index is 452. The predicted molar refractivity (Wildman–Crippen MR) is 73.2 cm³/mol. The van der Waals surface area contributed by atoms with Crippen LogP contribution in [-0.4, -0.2) is 25.6 Å². The molecule has 1 amide bonds. The van der Waals surface area contributed by atoms with Crippen molar-refractivity contribution in [1.29, 1.82) is 0 Å². The first kappa shape index (κ1) is 15.7. The molecule has 1 atom stereocenters. The second-order valence-electron chi connectivity index (χ2n) is 4.53. The van der Waals surface area contributed by atoms with E-state index in [2.05, 4.69) is 5.32 Å². The lowest BCUT2D eigenvalue weighted by Gasteiger charge is -2.13. The number of benzene rings is 1. The monoisotopic (exact) mass is 288 g/mol. The number of nitrogens with one attached hydrogen (secondary N) is 1. The van der Waals surface area contributed by atoms with E-state index in [9.17, 15) is 9.18 Å². The molecule has 0 aliphatic heterocycles. The van der Waals surface area contributed by atoms with Gasteiger partial charge in [-0.1, -0.05) is 6.07 Å². The molecule has 2 rings (SSSR count). The van der Waals surface area contributed by atoms with Crippen molar-refractivity contribution in [2.45, 2.75) is 18.9 Å². The molecule has 0 aromatic heterocycles. The fourth-order valence-corrected chi connectivity index (χ4v) is 1.88. The molecule has 1 aliphatic carbocycles. The van der Waals surface area contributed by atoms with E-state index in [1.165, 1.54) is 19.2 Å². The van der Waals surface area contributed by atoms with E-state index in [4.69, 9.17) is 10.5 Å². The Kier molecular flexibility index (Phi) is 5.57. The van der Waals surface area contributed by atoms with Crippen LogP contribution in [0.4, 0.5) is 4.39 Å². The van der Waals surface area contributed by atoms with Gasteiger partial charge in [-0.15, -0.1) is 12.4 Å². The van der Waals surface area contributed by atoms with E-state index in [1.807, 2.05) is 0 Å². The average Bonchev–Trinajstić information content (AvgIpc) is 3.19. The summed E-state index contributed by atoms with van der Waals surface area (Å²) in [5, 5.41) is 2.65. The summed E-state index contributed by atoms with van der Waals surface area (Å²) >= 11 is 0. The van der Waals surface area contributed by atoms with Crippen LogP contribution in [0.2, 0.25) is 0 Å². The van der Waals surface area contributed by atoms with Gasteiger partial charge in [0, 0.05) is 12.6 Å². The SMILES string of the molecule is COc1cccc(F)c1C(=O)NCC(N)C1CC1.Cl. The first-order valence-corrected chi connectivity index (χ1v) is 5.99. The number of hydrogen-bond donors (Lipinski definition) is 2. The summed E-state index contributed by atoms with van der Waals surface area (Å²) in [6.07, 6.45) is 2.22. The molecule has 0 bridgehead atoms. The minimum atomic E-state index is -0.591. The van der Waals surface area contributed by atoms with Crippen molar-refractivity contribution in [3.8, 4) is 5.75 Å². The highest BCUT2D eigenvalue weighted by atomic mass is 35.5. The molecular weight excluding hydrogens is 271 g/mol. The summed E-state index contributed by atoms with van der Waals surface area (Å²) < 4.78 is 18.6. The third-order valence-electron chi connectivity index (χ3n) is 3.15. The van der Waals surface area contributed by atoms with E-state index >= 15 is 0 Å². The highest BCUT2D eigenvalue weighted by Crippen LogP contribution is 2.31. The molecule has 0 radical (unpaired) electrons. The van der Waals surface area contributed by atoms with Crippen LogP contribution in [0.15, 0.2) is 18.2 Å². The second-order valence-corrected chi connectivity index (χ2v) is 4.53. The largest absolute Gasteiger partial charge is 0.496 e. The minimum absolute atomic E-state index is 0. The van der Waals surface area contributed by atoms with Crippen molar-refractivity contribution >= 4 is 18.3 Å². The smallest absolute Gasteiger partial charge is 0.258 e. The molecule has 3 N–H and O–H groups in total. The fraction of sp³-hybridized carbons (Fsp3) is 0.462. The maximum absolute atomic E-state index is 13.6. The lowest BCUT2D eigenvalue weighted by Crippen LogP contribution is -2.38. The maximum atomic E-state index is 13.6. The molecule has 1 fully saturated rings. The molecule has 1 aliphatic rings. The molecule has 1 unspecified atom stereocenters. The van der Waals surface area contributed by atoms with Gasteiger partial charge in [-0.2, -0.15) is 0 Å². The minimum Gasteiger partial charge on any atom is -0.496 e.